The minimum absolute atomic E-state index is 0.0312. The van der Waals surface area contributed by atoms with E-state index in [1.54, 1.807) is 6.08 Å². The molecular weight excluding hydrogens is 460 g/mol. The van der Waals surface area contributed by atoms with Crippen LogP contribution >= 0.6 is 0 Å². The maximum Gasteiger partial charge on any atom is 0.185 e. The Hall–Kier alpha value is -2.75. The van der Waals surface area contributed by atoms with Crippen molar-refractivity contribution < 1.29 is 19.0 Å². The lowest BCUT2D eigenvalue weighted by molar-refractivity contribution is 0.104. The minimum atomic E-state index is -0.0312. The van der Waals surface area contributed by atoms with Crippen molar-refractivity contribution in [1.29, 1.82) is 0 Å². The molecule has 3 saturated carbocycles. The quantitative estimate of drug-likeness (QED) is 0.254. The van der Waals surface area contributed by atoms with Crippen molar-refractivity contribution in [3.05, 3.63) is 59.7 Å². The molecule has 2 aromatic rings. The Labute approximate surface area is 222 Å². The monoisotopic (exact) mass is 502 g/mol. The molecule has 3 fully saturated rings. The van der Waals surface area contributed by atoms with Gasteiger partial charge in [0.15, 0.2) is 5.78 Å². The van der Waals surface area contributed by atoms with Crippen LogP contribution in [0, 0.1) is 0 Å². The highest BCUT2D eigenvalue weighted by atomic mass is 16.5. The molecule has 0 heterocycles. The summed E-state index contributed by atoms with van der Waals surface area (Å²) in [6.45, 7) is 0. The van der Waals surface area contributed by atoms with E-state index in [0.717, 1.165) is 61.3 Å². The molecule has 3 aliphatic rings. The Bertz CT molecular complexity index is 1040. The standard InChI is InChI=1S/C33H42O4/c34-32(25-11-10-18-30(23-25)35-27-12-4-1-5-13-27)21-19-26-24-31(36-28-14-6-2-7-15-28)20-22-33(26)37-29-16-8-3-9-17-29/h10-11,18-24,27-29H,1-9,12-17H2/b21-19+. The van der Waals surface area contributed by atoms with Gasteiger partial charge in [-0.25, -0.2) is 0 Å². The van der Waals surface area contributed by atoms with Gasteiger partial charge in [-0.15, -0.1) is 0 Å². The van der Waals surface area contributed by atoms with Crippen molar-refractivity contribution in [2.24, 2.45) is 0 Å². The predicted octanol–water partition coefficient (Wildman–Crippen LogP) is 8.72. The van der Waals surface area contributed by atoms with Crippen LogP contribution in [0.5, 0.6) is 17.2 Å². The summed E-state index contributed by atoms with van der Waals surface area (Å²) in [4.78, 5) is 13.2. The first kappa shape index (κ1) is 25.9. The first-order valence-corrected chi connectivity index (χ1v) is 14.7. The maximum absolute atomic E-state index is 13.2. The number of hydrogen-bond acceptors (Lipinski definition) is 4. The predicted molar refractivity (Wildman–Crippen MR) is 149 cm³/mol. The fourth-order valence-electron chi connectivity index (χ4n) is 5.94. The van der Waals surface area contributed by atoms with E-state index in [4.69, 9.17) is 14.2 Å². The van der Waals surface area contributed by atoms with Crippen LogP contribution in [0.4, 0.5) is 0 Å². The largest absolute Gasteiger partial charge is 0.490 e. The van der Waals surface area contributed by atoms with E-state index in [9.17, 15) is 4.79 Å². The highest BCUT2D eigenvalue weighted by Gasteiger charge is 2.19. The van der Waals surface area contributed by atoms with Gasteiger partial charge in [0.25, 0.3) is 0 Å². The number of allylic oxidation sites excluding steroid dienone is 1. The zero-order chi connectivity index (χ0) is 25.3. The van der Waals surface area contributed by atoms with E-state index in [-0.39, 0.29) is 24.1 Å². The molecule has 0 aliphatic heterocycles. The van der Waals surface area contributed by atoms with Gasteiger partial charge in [0.1, 0.15) is 17.2 Å². The molecule has 0 radical (unpaired) electrons. The molecular formula is C33H42O4. The molecule has 2 aromatic carbocycles. The van der Waals surface area contributed by atoms with E-state index in [1.807, 2.05) is 48.5 Å². The lowest BCUT2D eigenvalue weighted by Gasteiger charge is -2.25. The van der Waals surface area contributed by atoms with Gasteiger partial charge < -0.3 is 14.2 Å². The SMILES string of the molecule is O=C(/C=C/c1cc(OC2CCCCC2)ccc1OC1CCCCC1)c1cccc(OC2CCCCC2)c1. The molecule has 0 atom stereocenters. The molecule has 0 saturated heterocycles. The number of benzene rings is 2. The van der Waals surface area contributed by atoms with Crippen LogP contribution in [0.15, 0.2) is 48.5 Å². The van der Waals surface area contributed by atoms with Crippen molar-refractivity contribution >= 4 is 11.9 Å². The van der Waals surface area contributed by atoms with Crippen LogP contribution in [-0.2, 0) is 0 Å². The summed E-state index contributed by atoms with van der Waals surface area (Å²) in [6.07, 6.45) is 22.2. The molecule has 0 N–H and O–H groups in total. The third-order valence-electron chi connectivity index (χ3n) is 8.07. The van der Waals surface area contributed by atoms with Crippen LogP contribution < -0.4 is 14.2 Å². The topological polar surface area (TPSA) is 44.8 Å². The van der Waals surface area contributed by atoms with Gasteiger partial charge in [-0.1, -0.05) is 31.4 Å². The molecule has 5 rings (SSSR count). The van der Waals surface area contributed by atoms with Crippen LogP contribution in [-0.4, -0.2) is 24.1 Å². The molecule has 0 amide bonds. The molecule has 0 spiro atoms. The van der Waals surface area contributed by atoms with Gasteiger partial charge in [0.05, 0.1) is 18.3 Å². The number of hydrogen-bond donors (Lipinski definition) is 0. The fraction of sp³-hybridized carbons (Fsp3) is 0.545. The van der Waals surface area contributed by atoms with Gasteiger partial charge in [-0.3, -0.25) is 4.79 Å². The van der Waals surface area contributed by atoms with Crippen molar-refractivity contribution in [1.82, 2.24) is 0 Å². The van der Waals surface area contributed by atoms with Crippen LogP contribution in [0.1, 0.15) is 112 Å². The Kier molecular flexibility index (Phi) is 9.21. The van der Waals surface area contributed by atoms with Crippen molar-refractivity contribution in [2.45, 2.75) is 115 Å². The van der Waals surface area contributed by atoms with E-state index in [0.29, 0.717) is 5.56 Å². The van der Waals surface area contributed by atoms with E-state index in [2.05, 4.69) is 0 Å². The second-order valence-electron chi connectivity index (χ2n) is 11.1. The lowest BCUT2D eigenvalue weighted by Crippen LogP contribution is -2.21. The fourth-order valence-corrected chi connectivity index (χ4v) is 5.94. The highest BCUT2D eigenvalue weighted by molar-refractivity contribution is 6.07. The summed E-state index contributed by atoms with van der Waals surface area (Å²) < 4.78 is 19.0. The third-order valence-corrected chi connectivity index (χ3v) is 8.07. The summed E-state index contributed by atoms with van der Waals surface area (Å²) >= 11 is 0. The summed E-state index contributed by atoms with van der Waals surface area (Å²) in [5.74, 6) is 2.45. The highest BCUT2D eigenvalue weighted by Crippen LogP contribution is 2.32. The van der Waals surface area contributed by atoms with Crippen LogP contribution in [0.25, 0.3) is 6.08 Å². The van der Waals surface area contributed by atoms with Crippen molar-refractivity contribution in [3.63, 3.8) is 0 Å². The molecule has 4 nitrogen and oxygen atoms in total. The van der Waals surface area contributed by atoms with Crippen molar-refractivity contribution in [2.75, 3.05) is 0 Å². The van der Waals surface area contributed by atoms with Crippen LogP contribution in [0.3, 0.4) is 0 Å². The number of carbonyl (C=O) groups excluding carboxylic acids is 1. The lowest BCUT2D eigenvalue weighted by atomic mass is 9.97. The second-order valence-corrected chi connectivity index (χ2v) is 11.1. The number of ether oxygens (including phenoxy) is 3. The second kappa shape index (κ2) is 13.2. The minimum Gasteiger partial charge on any atom is -0.490 e. The van der Waals surface area contributed by atoms with Gasteiger partial charge in [0, 0.05) is 11.1 Å². The Balaban J connectivity index is 1.31. The zero-order valence-corrected chi connectivity index (χ0v) is 22.2. The summed E-state index contributed by atoms with van der Waals surface area (Å²) in [5, 5.41) is 0. The summed E-state index contributed by atoms with van der Waals surface area (Å²) in [5.41, 5.74) is 1.55. The first-order chi connectivity index (χ1) is 18.2. The van der Waals surface area contributed by atoms with Crippen molar-refractivity contribution in [3.8, 4) is 17.2 Å². The Morgan fingerprint density at radius 1 is 0.622 bits per heavy atom. The normalized spacial score (nSPS) is 20.1. The number of carbonyl (C=O) groups is 1. The van der Waals surface area contributed by atoms with Crippen LogP contribution in [0.2, 0.25) is 0 Å². The van der Waals surface area contributed by atoms with Gasteiger partial charge in [0.2, 0.25) is 0 Å². The molecule has 198 valence electrons. The summed E-state index contributed by atoms with van der Waals surface area (Å²) in [7, 11) is 0. The molecule has 4 heteroatoms. The molecule has 0 aromatic heterocycles. The summed E-state index contributed by atoms with van der Waals surface area (Å²) in [6, 6.07) is 13.7. The van der Waals surface area contributed by atoms with Gasteiger partial charge >= 0.3 is 0 Å². The molecule has 0 bridgehead atoms. The third kappa shape index (κ3) is 7.63. The zero-order valence-electron chi connectivity index (χ0n) is 22.2. The molecule has 37 heavy (non-hydrogen) atoms. The van der Waals surface area contributed by atoms with Gasteiger partial charge in [-0.05, 0) is 120 Å². The molecule has 3 aliphatic carbocycles. The smallest absolute Gasteiger partial charge is 0.185 e. The Morgan fingerprint density at radius 2 is 1.16 bits per heavy atom. The van der Waals surface area contributed by atoms with E-state index >= 15 is 0 Å². The average Bonchev–Trinajstić information content (AvgIpc) is 2.95. The number of rotatable bonds is 9. The van der Waals surface area contributed by atoms with E-state index < -0.39 is 0 Å². The average molecular weight is 503 g/mol. The Morgan fingerprint density at radius 3 is 1.76 bits per heavy atom. The maximum atomic E-state index is 13.2. The number of ketones is 1. The van der Waals surface area contributed by atoms with Gasteiger partial charge in [-0.2, -0.15) is 0 Å². The molecule has 0 unspecified atom stereocenters. The van der Waals surface area contributed by atoms with E-state index in [1.165, 1.54) is 57.8 Å². The first-order valence-electron chi connectivity index (χ1n) is 14.7.